The Hall–Kier alpha value is -2.64. The average molecular weight is 277 g/mol. The average Bonchev–Trinajstić information content (AvgIpc) is 2.82. The Balaban J connectivity index is 2.34. The number of aryl methyl sites for hydroxylation is 1. The van der Waals surface area contributed by atoms with Crippen LogP contribution < -0.4 is 10.2 Å². The van der Waals surface area contributed by atoms with Crippen molar-refractivity contribution in [2.24, 2.45) is 0 Å². The standard InChI is InChI=1S/C12H15N5O3/c1-8-4-5-9(20-8)6-16(3)12-10(17(18)19)11(13-2)14-7-15-12/h4-5,7H,6H2,1-3H3,(H,13,14,15). The Morgan fingerprint density at radius 2 is 2.20 bits per heavy atom. The van der Waals surface area contributed by atoms with E-state index in [0.29, 0.717) is 12.3 Å². The van der Waals surface area contributed by atoms with Crippen LogP contribution in [0.5, 0.6) is 0 Å². The van der Waals surface area contributed by atoms with E-state index in [2.05, 4.69) is 15.3 Å². The van der Waals surface area contributed by atoms with Crippen LogP contribution in [0.1, 0.15) is 11.5 Å². The molecule has 0 aliphatic carbocycles. The van der Waals surface area contributed by atoms with Crippen molar-refractivity contribution < 1.29 is 9.34 Å². The number of hydrogen-bond donors (Lipinski definition) is 1. The molecule has 0 spiro atoms. The van der Waals surface area contributed by atoms with Gasteiger partial charge in [0.1, 0.15) is 17.8 Å². The molecule has 0 aromatic carbocycles. The first-order valence-corrected chi connectivity index (χ1v) is 5.96. The fraction of sp³-hybridized carbons (Fsp3) is 0.333. The van der Waals surface area contributed by atoms with Gasteiger partial charge in [-0.05, 0) is 19.1 Å². The van der Waals surface area contributed by atoms with Gasteiger partial charge in [-0.3, -0.25) is 10.1 Å². The minimum atomic E-state index is -0.495. The van der Waals surface area contributed by atoms with Gasteiger partial charge in [0, 0.05) is 14.1 Å². The smallest absolute Gasteiger partial charge is 0.353 e. The van der Waals surface area contributed by atoms with Crippen LogP contribution >= 0.6 is 0 Å². The molecule has 0 aliphatic rings. The summed E-state index contributed by atoms with van der Waals surface area (Å²) in [6.45, 7) is 2.23. The van der Waals surface area contributed by atoms with Gasteiger partial charge in [0.25, 0.3) is 0 Å². The van der Waals surface area contributed by atoms with E-state index in [1.54, 1.807) is 19.0 Å². The Kier molecular flexibility index (Phi) is 3.83. The Bertz CT molecular complexity index is 625. The van der Waals surface area contributed by atoms with Gasteiger partial charge in [-0.15, -0.1) is 0 Å². The molecule has 0 unspecified atom stereocenters. The third kappa shape index (κ3) is 2.68. The normalized spacial score (nSPS) is 10.3. The summed E-state index contributed by atoms with van der Waals surface area (Å²) in [5.41, 5.74) is -0.152. The summed E-state index contributed by atoms with van der Waals surface area (Å²) in [6, 6.07) is 3.68. The van der Waals surface area contributed by atoms with Crippen molar-refractivity contribution in [1.82, 2.24) is 9.97 Å². The summed E-state index contributed by atoms with van der Waals surface area (Å²) in [4.78, 5) is 20.2. The summed E-state index contributed by atoms with van der Waals surface area (Å²) in [5.74, 6) is 1.93. The highest BCUT2D eigenvalue weighted by Crippen LogP contribution is 2.31. The molecule has 0 bridgehead atoms. The van der Waals surface area contributed by atoms with Gasteiger partial charge in [-0.2, -0.15) is 0 Å². The molecule has 2 aromatic rings. The molecule has 0 saturated carbocycles. The Morgan fingerprint density at radius 3 is 2.75 bits per heavy atom. The highest BCUT2D eigenvalue weighted by atomic mass is 16.6. The van der Waals surface area contributed by atoms with E-state index in [1.807, 2.05) is 19.1 Å². The third-order valence-corrected chi connectivity index (χ3v) is 2.77. The number of aromatic nitrogens is 2. The number of nitrogens with zero attached hydrogens (tertiary/aromatic N) is 4. The van der Waals surface area contributed by atoms with Crippen LogP contribution in [0.15, 0.2) is 22.9 Å². The van der Waals surface area contributed by atoms with Crippen molar-refractivity contribution in [2.45, 2.75) is 13.5 Å². The van der Waals surface area contributed by atoms with E-state index in [0.717, 1.165) is 5.76 Å². The third-order valence-electron chi connectivity index (χ3n) is 2.77. The molecule has 0 saturated heterocycles. The summed E-state index contributed by atoms with van der Waals surface area (Å²) >= 11 is 0. The number of hydrogen-bond acceptors (Lipinski definition) is 7. The van der Waals surface area contributed by atoms with Crippen LogP contribution in [-0.2, 0) is 6.54 Å². The lowest BCUT2D eigenvalue weighted by Gasteiger charge is -2.17. The summed E-state index contributed by atoms with van der Waals surface area (Å²) in [5, 5.41) is 13.9. The largest absolute Gasteiger partial charge is 0.464 e. The topological polar surface area (TPSA) is 97.3 Å². The molecule has 2 rings (SSSR count). The molecule has 0 atom stereocenters. The van der Waals surface area contributed by atoms with Gasteiger partial charge >= 0.3 is 5.69 Å². The predicted molar refractivity (Wildman–Crippen MR) is 73.8 cm³/mol. The maximum Gasteiger partial charge on any atom is 0.353 e. The highest BCUT2D eigenvalue weighted by Gasteiger charge is 2.25. The molecule has 20 heavy (non-hydrogen) atoms. The van der Waals surface area contributed by atoms with E-state index >= 15 is 0 Å². The second-order valence-electron chi connectivity index (χ2n) is 4.27. The molecule has 0 radical (unpaired) electrons. The lowest BCUT2D eigenvalue weighted by atomic mass is 10.3. The molecular formula is C12H15N5O3. The summed E-state index contributed by atoms with van der Waals surface area (Å²) in [6.07, 6.45) is 1.29. The second-order valence-corrected chi connectivity index (χ2v) is 4.27. The molecule has 106 valence electrons. The van der Waals surface area contributed by atoms with E-state index in [4.69, 9.17) is 4.42 Å². The van der Waals surface area contributed by atoms with Crippen molar-refractivity contribution in [3.05, 3.63) is 40.1 Å². The number of furan rings is 1. The molecule has 8 nitrogen and oxygen atoms in total. The molecule has 1 N–H and O–H groups in total. The second kappa shape index (κ2) is 5.55. The van der Waals surface area contributed by atoms with Crippen molar-refractivity contribution in [3.63, 3.8) is 0 Å². The number of nitrogens with one attached hydrogen (secondary N) is 1. The van der Waals surface area contributed by atoms with Gasteiger partial charge in [0.2, 0.25) is 11.6 Å². The molecule has 2 heterocycles. The van der Waals surface area contributed by atoms with Gasteiger partial charge in [-0.25, -0.2) is 9.97 Å². The zero-order chi connectivity index (χ0) is 14.7. The van der Waals surface area contributed by atoms with E-state index < -0.39 is 4.92 Å². The highest BCUT2D eigenvalue weighted by molar-refractivity contribution is 5.69. The Labute approximate surface area is 115 Å². The zero-order valence-corrected chi connectivity index (χ0v) is 11.5. The summed E-state index contributed by atoms with van der Waals surface area (Å²) in [7, 11) is 3.29. The maximum atomic E-state index is 11.2. The first-order valence-electron chi connectivity index (χ1n) is 5.96. The van der Waals surface area contributed by atoms with Crippen molar-refractivity contribution in [3.8, 4) is 0 Å². The van der Waals surface area contributed by atoms with Crippen LogP contribution in [0.25, 0.3) is 0 Å². The quantitative estimate of drug-likeness (QED) is 0.659. The first-order chi connectivity index (χ1) is 9.52. The van der Waals surface area contributed by atoms with Crippen LogP contribution in [0.3, 0.4) is 0 Å². The minimum Gasteiger partial charge on any atom is -0.464 e. The van der Waals surface area contributed by atoms with Gasteiger partial charge in [0.15, 0.2) is 0 Å². The van der Waals surface area contributed by atoms with E-state index in [-0.39, 0.29) is 17.3 Å². The van der Waals surface area contributed by atoms with Crippen LogP contribution in [0.2, 0.25) is 0 Å². The van der Waals surface area contributed by atoms with E-state index in [1.165, 1.54) is 6.33 Å². The number of rotatable bonds is 5. The first kappa shape index (κ1) is 13.8. The predicted octanol–water partition coefficient (Wildman–Crippen LogP) is 1.96. The van der Waals surface area contributed by atoms with Gasteiger partial charge in [-0.1, -0.05) is 0 Å². The molecule has 8 heteroatoms. The lowest BCUT2D eigenvalue weighted by molar-refractivity contribution is -0.383. The van der Waals surface area contributed by atoms with E-state index in [9.17, 15) is 10.1 Å². The molecular weight excluding hydrogens is 262 g/mol. The molecule has 2 aromatic heterocycles. The fourth-order valence-corrected chi connectivity index (χ4v) is 1.88. The maximum absolute atomic E-state index is 11.2. The lowest BCUT2D eigenvalue weighted by Crippen LogP contribution is -2.19. The van der Waals surface area contributed by atoms with Crippen molar-refractivity contribution in [2.75, 3.05) is 24.3 Å². The molecule has 0 amide bonds. The molecule has 0 aliphatic heterocycles. The van der Waals surface area contributed by atoms with Crippen molar-refractivity contribution >= 4 is 17.3 Å². The fourth-order valence-electron chi connectivity index (χ4n) is 1.88. The van der Waals surface area contributed by atoms with Crippen LogP contribution in [-0.4, -0.2) is 29.0 Å². The molecule has 0 fully saturated rings. The van der Waals surface area contributed by atoms with Crippen LogP contribution in [0.4, 0.5) is 17.3 Å². The van der Waals surface area contributed by atoms with Crippen molar-refractivity contribution in [1.29, 1.82) is 0 Å². The monoisotopic (exact) mass is 277 g/mol. The number of anilines is 2. The summed E-state index contributed by atoms with van der Waals surface area (Å²) < 4.78 is 5.46. The minimum absolute atomic E-state index is 0.152. The Morgan fingerprint density at radius 1 is 1.45 bits per heavy atom. The number of nitro groups is 1. The zero-order valence-electron chi connectivity index (χ0n) is 11.5. The van der Waals surface area contributed by atoms with Gasteiger partial charge in [0.05, 0.1) is 11.5 Å². The SMILES string of the molecule is CNc1ncnc(N(C)Cc2ccc(C)o2)c1[N+](=O)[O-]. The van der Waals surface area contributed by atoms with Crippen LogP contribution in [0, 0.1) is 17.0 Å². The van der Waals surface area contributed by atoms with Gasteiger partial charge < -0.3 is 14.6 Å².